The molecule has 5 heteroatoms. The van der Waals surface area contributed by atoms with Crippen molar-refractivity contribution in [2.75, 3.05) is 26.3 Å². The molecule has 0 radical (unpaired) electrons. The van der Waals surface area contributed by atoms with Gasteiger partial charge in [0.25, 0.3) is 0 Å². The van der Waals surface area contributed by atoms with Gasteiger partial charge in [-0.05, 0) is 6.42 Å². The highest BCUT2D eigenvalue weighted by molar-refractivity contribution is 7.11. The fraction of sp³-hybridized carbons (Fsp3) is 0.769. The molecule has 0 aromatic carbocycles. The molecule has 0 aliphatic rings. The maximum atomic E-state index is 9.03. The molecule has 1 heterocycles. The van der Waals surface area contributed by atoms with Gasteiger partial charge < -0.3 is 10.2 Å². The van der Waals surface area contributed by atoms with E-state index in [9.17, 15) is 0 Å². The van der Waals surface area contributed by atoms with Crippen LogP contribution in [0.15, 0.2) is 6.20 Å². The smallest absolute Gasteiger partial charge is 0.0981 e. The summed E-state index contributed by atoms with van der Waals surface area (Å²) in [6.45, 7) is 9.07. The van der Waals surface area contributed by atoms with E-state index in [1.807, 2.05) is 6.20 Å². The second-order valence-corrected chi connectivity index (χ2v) is 6.57. The second-order valence-electron chi connectivity index (χ2n) is 5.46. The van der Waals surface area contributed by atoms with Crippen LogP contribution in [-0.2, 0) is 12.0 Å². The number of hydrogen-bond acceptors (Lipinski definition) is 5. The monoisotopic (exact) mass is 272 g/mol. The molecule has 2 N–H and O–H groups in total. The molecule has 0 amide bonds. The van der Waals surface area contributed by atoms with Crippen molar-refractivity contribution in [2.24, 2.45) is 0 Å². The highest BCUT2D eigenvalue weighted by atomic mass is 32.1. The van der Waals surface area contributed by atoms with E-state index in [4.69, 9.17) is 10.2 Å². The van der Waals surface area contributed by atoms with Gasteiger partial charge in [0.15, 0.2) is 0 Å². The lowest BCUT2D eigenvalue weighted by Crippen LogP contribution is -2.27. The largest absolute Gasteiger partial charge is 0.396 e. The van der Waals surface area contributed by atoms with Gasteiger partial charge in [0.2, 0.25) is 0 Å². The number of aromatic nitrogens is 1. The zero-order chi connectivity index (χ0) is 13.6. The van der Waals surface area contributed by atoms with Crippen molar-refractivity contribution in [3.63, 3.8) is 0 Å². The summed E-state index contributed by atoms with van der Waals surface area (Å²) in [5, 5.41) is 19.0. The molecule has 4 nitrogen and oxygen atoms in total. The van der Waals surface area contributed by atoms with E-state index >= 15 is 0 Å². The Hall–Kier alpha value is -0.490. The van der Waals surface area contributed by atoms with Crippen molar-refractivity contribution < 1.29 is 10.2 Å². The Bertz CT molecular complexity index is 347. The average molecular weight is 272 g/mol. The van der Waals surface area contributed by atoms with E-state index in [0.717, 1.165) is 24.5 Å². The van der Waals surface area contributed by atoms with E-state index in [1.165, 1.54) is 4.88 Å². The van der Waals surface area contributed by atoms with Crippen LogP contribution >= 0.6 is 11.3 Å². The van der Waals surface area contributed by atoms with Gasteiger partial charge in [-0.25, -0.2) is 4.98 Å². The summed E-state index contributed by atoms with van der Waals surface area (Å²) in [5.41, 5.74) is 0.0931. The summed E-state index contributed by atoms with van der Waals surface area (Å²) in [5.74, 6) is 0. The van der Waals surface area contributed by atoms with Gasteiger partial charge in [0, 0.05) is 42.7 Å². The van der Waals surface area contributed by atoms with Crippen molar-refractivity contribution in [1.29, 1.82) is 0 Å². The minimum Gasteiger partial charge on any atom is -0.396 e. The topological polar surface area (TPSA) is 56.6 Å². The number of rotatable bonds is 7. The molecule has 0 unspecified atom stereocenters. The van der Waals surface area contributed by atoms with Crippen LogP contribution < -0.4 is 0 Å². The Morgan fingerprint density at radius 3 is 2.44 bits per heavy atom. The van der Waals surface area contributed by atoms with Crippen molar-refractivity contribution in [2.45, 2.75) is 39.2 Å². The Morgan fingerprint density at radius 1 is 1.22 bits per heavy atom. The van der Waals surface area contributed by atoms with Crippen molar-refractivity contribution >= 4 is 11.3 Å². The first kappa shape index (κ1) is 15.6. The fourth-order valence-electron chi connectivity index (χ4n) is 1.65. The quantitative estimate of drug-likeness (QED) is 0.792. The Balaban J connectivity index is 2.60. The highest BCUT2D eigenvalue weighted by Crippen LogP contribution is 2.27. The molecule has 1 aromatic rings. The predicted molar refractivity (Wildman–Crippen MR) is 74.9 cm³/mol. The number of aliphatic hydroxyl groups excluding tert-OH is 2. The van der Waals surface area contributed by atoms with E-state index in [1.54, 1.807) is 11.3 Å². The predicted octanol–water partition coefficient (Wildman–Crippen LogP) is 1.62. The van der Waals surface area contributed by atoms with Crippen molar-refractivity contribution in [3.8, 4) is 0 Å². The van der Waals surface area contributed by atoms with Gasteiger partial charge in [0.1, 0.15) is 0 Å². The first-order chi connectivity index (χ1) is 8.47. The Morgan fingerprint density at radius 2 is 1.94 bits per heavy atom. The summed E-state index contributed by atoms with van der Waals surface area (Å²) in [7, 11) is 0. The van der Waals surface area contributed by atoms with Crippen LogP contribution in [0.25, 0.3) is 0 Å². The van der Waals surface area contributed by atoms with Crippen LogP contribution in [0, 0.1) is 0 Å². The molecule has 1 rings (SSSR count). The molecule has 18 heavy (non-hydrogen) atoms. The van der Waals surface area contributed by atoms with E-state index in [2.05, 4.69) is 30.7 Å². The van der Waals surface area contributed by atoms with Crippen LogP contribution in [0.5, 0.6) is 0 Å². The normalized spacial score (nSPS) is 12.3. The lowest BCUT2D eigenvalue weighted by molar-refractivity contribution is 0.175. The van der Waals surface area contributed by atoms with Gasteiger partial charge in [0.05, 0.1) is 11.6 Å². The molecule has 0 aliphatic heterocycles. The lowest BCUT2D eigenvalue weighted by atomic mass is 9.98. The molecule has 104 valence electrons. The van der Waals surface area contributed by atoms with E-state index in [0.29, 0.717) is 6.54 Å². The molecule has 0 saturated heterocycles. The summed E-state index contributed by atoms with van der Waals surface area (Å²) in [4.78, 5) is 7.82. The van der Waals surface area contributed by atoms with Crippen LogP contribution in [0.2, 0.25) is 0 Å². The zero-order valence-electron chi connectivity index (χ0n) is 11.5. The van der Waals surface area contributed by atoms with Gasteiger partial charge >= 0.3 is 0 Å². The van der Waals surface area contributed by atoms with E-state index < -0.39 is 0 Å². The summed E-state index contributed by atoms with van der Waals surface area (Å²) < 4.78 is 0. The third-order valence-electron chi connectivity index (χ3n) is 2.62. The molecule has 0 bridgehead atoms. The number of thiazole rings is 1. The maximum absolute atomic E-state index is 9.03. The van der Waals surface area contributed by atoms with Crippen LogP contribution in [-0.4, -0.2) is 46.4 Å². The first-order valence-electron chi connectivity index (χ1n) is 6.36. The molecule has 0 aliphatic carbocycles. The van der Waals surface area contributed by atoms with Crippen molar-refractivity contribution in [1.82, 2.24) is 9.88 Å². The maximum Gasteiger partial charge on any atom is 0.0981 e. The first-order valence-corrected chi connectivity index (χ1v) is 7.18. The van der Waals surface area contributed by atoms with Crippen LogP contribution in [0.4, 0.5) is 0 Å². The minimum absolute atomic E-state index is 0.0931. The highest BCUT2D eigenvalue weighted by Gasteiger charge is 2.18. The molecule has 0 fully saturated rings. The third-order valence-corrected chi connectivity index (χ3v) is 4.03. The standard InChI is InChI=1S/C13H24N2O2S/c1-13(2,3)12-14-9-11(18-12)10-15(6-8-17)5-4-7-16/h9,16-17H,4-8,10H2,1-3H3. The SMILES string of the molecule is CC(C)(C)c1ncc(CN(CCO)CCCO)s1. The van der Waals surface area contributed by atoms with Gasteiger partial charge in [-0.15, -0.1) is 11.3 Å². The van der Waals surface area contributed by atoms with E-state index in [-0.39, 0.29) is 18.6 Å². The molecule has 1 aromatic heterocycles. The average Bonchev–Trinajstić information content (AvgIpc) is 2.74. The Kier molecular flexibility index (Phi) is 6.21. The molecular formula is C13H24N2O2S. The summed E-state index contributed by atoms with van der Waals surface area (Å²) in [6.07, 6.45) is 2.67. The second kappa shape index (κ2) is 7.19. The van der Waals surface area contributed by atoms with Crippen LogP contribution in [0.3, 0.4) is 0 Å². The summed E-state index contributed by atoms with van der Waals surface area (Å²) in [6, 6.07) is 0. The minimum atomic E-state index is 0.0931. The van der Waals surface area contributed by atoms with Gasteiger partial charge in [-0.3, -0.25) is 4.90 Å². The molecular weight excluding hydrogens is 248 g/mol. The number of hydrogen-bond donors (Lipinski definition) is 2. The molecule has 0 spiro atoms. The lowest BCUT2D eigenvalue weighted by Gasteiger charge is -2.19. The zero-order valence-corrected chi connectivity index (χ0v) is 12.3. The van der Waals surface area contributed by atoms with Crippen molar-refractivity contribution in [3.05, 3.63) is 16.1 Å². The summed E-state index contributed by atoms with van der Waals surface area (Å²) >= 11 is 1.73. The van der Waals surface area contributed by atoms with Crippen LogP contribution in [0.1, 0.15) is 37.1 Å². The molecule has 0 saturated carbocycles. The van der Waals surface area contributed by atoms with Gasteiger partial charge in [-0.1, -0.05) is 20.8 Å². The van der Waals surface area contributed by atoms with Gasteiger partial charge in [-0.2, -0.15) is 0 Å². The number of nitrogens with zero attached hydrogens (tertiary/aromatic N) is 2. The third kappa shape index (κ3) is 5.02. The fourth-order valence-corrected chi connectivity index (χ4v) is 2.67. The molecule has 0 atom stereocenters. The number of aliphatic hydroxyl groups is 2. The Labute approximate surface area is 113 Å².